The van der Waals surface area contributed by atoms with Crippen molar-refractivity contribution in [3.63, 3.8) is 0 Å². The first-order valence-corrected chi connectivity index (χ1v) is 12.4. The van der Waals surface area contributed by atoms with Gasteiger partial charge in [-0.2, -0.15) is 9.97 Å². The van der Waals surface area contributed by atoms with Crippen molar-refractivity contribution in [1.29, 1.82) is 0 Å². The average Bonchev–Trinajstić information content (AvgIpc) is 2.93. The van der Waals surface area contributed by atoms with E-state index < -0.39 is 67.5 Å². The Hall–Kier alpha value is -5.61. The van der Waals surface area contributed by atoms with Crippen LogP contribution in [0.2, 0.25) is 0 Å². The van der Waals surface area contributed by atoms with Crippen LogP contribution in [0.1, 0.15) is 41.7 Å². The molecule has 17 nitrogen and oxygen atoms in total. The molecule has 6 N–H and O–H groups in total. The largest absolute Gasteiger partial charge is 0.550 e. The molecule has 222 valence electrons. The molecule has 0 radical (unpaired) electrons. The Labute approximate surface area is 238 Å². The number of nitrogens with zero attached hydrogens (tertiary/aromatic N) is 5. The maximum atomic E-state index is 12.7. The zero-order valence-electron chi connectivity index (χ0n) is 22.2. The molecule has 17 heteroatoms. The summed E-state index contributed by atoms with van der Waals surface area (Å²) in [7, 11) is 1.77. The third-order valence-electron chi connectivity index (χ3n) is 5.98. The number of nitrogens with two attached hydrogens (primary N) is 2. The van der Waals surface area contributed by atoms with E-state index in [9.17, 15) is 39.3 Å². The van der Waals surface area contributed by atoms with Crippen molar-refractivity contribution in [3.8, 4) is 0 Å². The lowest BCUT2D eigenvalue weighted by atomic mass is 10.1. The fourth-order valence-corrected chi connectivity index (χ4v) is 3.80. The van der Waals surface area contributed by atoms with Crippen LogP contribution in [0.3, 0.4) is 0 Å². The SMILES string of the molecule is CN(Cc1cnc2nc(N)nc(N)c2n1)c1ccc(C(=O)N[C@@H](CCC(=O)N[C@@H](CCC(=O)[O-])C(=O)[O-])C(=O)[O-])cc1. The van der Waals surface area contributed by atoms with Gasteiger partial charge in [0.15, 0.2) is 17.0 Å². The van der Waals surface area contributed by atoms with E-state index in [1.54, 1.807) is 24.1 Å². The number of carbonyl (C=O) groups is 5. The Kier molecular flexibility index (Phi) is 10.0. The van der Waals surface area contributed by atoms with Crippen molar-refractivity contribution in [2.45, 2.75) is 44.3 Å². The van der Waals surface area contributed by atoms with E-state index in [1.165, 1.54) is 18.3 Å². The highest BCUT2D eigenvalue weighted by atomic mass is 16.4. The minimum Gasteiger partial charge on any atom is -0.550 e. The molecule has 0 aliphatic heterocycles. The molecule has 0 aliphatic carbocycles. The number of carboxylic acid groups (broad SMARTS) is 3. The lowest BCUT2D eigenvalue weighted by molar-refractivity contribution is -0.311. The van der Waals surface area contributed by atoms with Crippen molar-refractivity contribution in [2.75, 3.05) is 23.4 Å². The van der Waals surface area contributed by atoms with Crippen LogP contribution in [0.25, 0.3) is 11.2 Å². The van der Waals surface area contributed by atoms with Crippen molar-refractivity contribution < 1.29 is 39.3 Å². The van der Waals surface area contributed by atoms with Gasteiger partial charge in [0.05, 0.1) is 42.5 Å². The third kappa shape index (κ3) is 8.44. The number of aromatic nitrogens is 4. The van der Waals surface area contributed by atoms with Crippen molar-refractivity contribution in [1.82, 2.24) is 30.6 Å². The molecule has 42 heavy (non-hydrogen) atoms. The summed E-state index contributed by atoms with van der Waals surface area (Å²) >= 11 is 0. The second kappa shape index (κ2) is 13.6. The first-order valence-electron chi connectivity index (χ1n) is 12.4. The maximum Gasteiger partial charge on any atom is 0.251 e. The molecular weight excluding hydrogens is 554 g/mol. The fourth-order valence-electron chi connectivity index (χ4n) is 3.80. The first-order chi connectivity index (χ1) is 19.8. The number of anilines is 3. The minimum atomic E-state index is -1.71. The summed E-state index contributed by atoms with van der Waals surface area (Å²) < 4.78 is 0. The molecule has 0 unspecified atom stereocenters. The van der Waals surface area contributed by atoms with Gasteiger partial charge in [-0.05, 0) is 43.5 Å². The molecule has 2 heterocycles. The van der Waals surface area contributed by atoms with E-state index in [0.29, 0.717) is 23.4 Å². The van der Waals surface area contributed by atoms with Gasteiger partial charge in [-0.3, -0.25) is 9.59 Å². The first kappa shape index (κ1) is 30.9. The standard InChI is InChI=1S/C25H29N9O8/c1-34(11-13-10-28-21-19(29-13)20(26)32-25(27)33-21)14-4-2-12(3-5-14)22(38)31-16(24(41)42)6-8-17(35)30-15(23(39)40)7-9-18(36)37/h2-5,10,15-16H,6-9,11H2,1H3,(H,30,35)(H,31,38)(H,36,37)(H,39,40)(H,41,42)(H4,26,27,28,32,33)/p-3/t15-,16-/m0/s1. The van der Waals surface area contributed by atoms with Crippen LogP contribution >= 0.6 is 0 Å². The normalized spacial score (nSPS) is 12.2. The number of nitrogen functional groups attached to an aromatic ring is 2. The van der Waals surface area contributed by atoms with E-state index >= 15 is 0 Å². The predicted octanol–water partition coefficient (Wildman–Crippen LogP) is -4.39. The van der Waals surface area contributed by atoms with Gasteiger partial charge in [0.2, 0.25) is 11.9 Å². The Morgan fingerprint density at radius 2 is 1.50 bits per heavy atom. The Morgan fingerprint density at radius 1 is 0.881 bits per heavy atom. The number of hydrogen-bond acceptors (Lipinski definition) is 15. The van der Waals surface area contributed by atoms with Crippen LogP contribution in [0, 0.1) is 0 Å². The van der Waals surface area contributed by atoms with E-state index in [2.05, 4.69) is 30.6 Å². The summed E-state index contributed by atoms with van der Waals surface area (Å²) in [5.74, 6) is -6.45. The van der Waals surface area contributed by atoms with Crippen LogP contribution in [-0.2, 0) is 25.7 Å². The van der Waals surface area contributed by atoms with Crippen LogP contribution in [0.5, 0.6) is 0 Å². The van der Waals surface area contributed by atoms with Crippen LogP contribution in [0.15, 0.2) is 30.5 Å². The lowest BCUT2D eigenvalue weighted by Gasteiger charge is -2.22. The van der Waals surface area contributed by atoms with E-state index in [4.69, 9.17) is 11.5 Å². The van der Waals surface area contributed by atoms with E-state index in [0.717, 1.165) is 0 Å². The van der Waals surface area contributed by atoms with Crippen molar-refractivity contribution in [2.24, 2.45) is 0 Å². The highest BCUT2D eigenvalue weighted by molar-refractivity contribution is 5.96. The minimum absolute atomic E-state index is 0.0190. The summed E-state index contributed by atoms with van der Waals surface area (Å²) in [4.78, 5) is 76.2. The fraction of sp³-hybridized carbons (Fsp3) is 0.320. The molecule has 0 saturated heterocycles. The molecule has 0 saturated carbocycles. The van der Waals surface area contributed by atoms with Gasteiger partial charge in [-0.25, -0.2) is 9.97 Å². The van der Waals surface area contributed by atoms with Crippen LogP contribution in [0.4, 0.5) is 17.5 Å². The smallest absolute Gasteiger partial charge is 0.251 e. The second-order valence-electron chi connectivity index (χ2n) is 9.14. The highest BCUT2D eigenvalue weighted by Gasteiger charge is 2.19. The monoisotopic (exact) mass is 580 g/mol. The summed E-state index contributed by atoms with van der Waals surface area (Å²) in [5.41, 5.74) is 13.3. The van der Waals surface area contributed by atoms with E-state index in [-0.39, 0.29) is 23.0 Å². The molecular formula is C25H26N9O8-3. The topological polar surface area (TPSA) is 285 Å². The molecule has 0 aliphatic rings. The summed E-state index contributed by atoms with van der Waals surface area (Å²) in [6.07, 6.45) is -0.518. The Morgan fingerprint density at radius 3 is 2.12 bits per heavy atom. The third-order valence-corrected chi connectivity index (χ3v) is 5.98. The number of fused-ring (bicyclic) bond motifs is 1. The second-order valence-corrected chi connectivity index (χ2v) is 9.14. The molecule has 0 fully saturated rings. The van der Waals surface area contributed by atoms with Gasteiger partial charge < -0.3 is 56.7 Å². The van der Waals surface area contributed by atoms with Gasteiger partial charge in [0, 0.05) is 30.7 Å². The lowest BCUT2D eigenvalue weighted by Crippen LogP contribution is -2.50. The Bertz CT molecular complexity index is 1500. The van der Waals surface area contributed by atoms with Gasteiger partial charge >= 0.3 is 0 Å². The molecule has 3 aromatic rings. The highest BCUT2D eigenvalue weighted by Crippen LogP contribution is 2.19. The van der Waals surface area contributed by atoms with Crippen LogP contribution in [-0.4, -0.2) is 68.8 Å². The summed E-state index contributed by atoms with van der Waals surface area (Å²) in [5, 5.41) is 37.5. The number of carboxylic acids is 3. The molecule has 0 spiro atoms. The predicted molar refractivity (Wildman–Crippen MR) is 139 cm³/mol. The Balaban J connectivity index is 1.57. The number of amides is 2. The molecule has 1 aromatic carbocycles. The quantitative estimate of drug-likeness (QED) is 0.140. The molecule has 2 atom stereocenters. The van der Waals surface area contributed by atoms with Crippen molar-refractivity contribution >= 4 is 58.3 Å². The molecule has 2 amide bonds. The van der Waals surface area contributed by atoms with Gasteiger partial charge in [0.25, 0.3) is 5.91 Å². The zero-order chi connectivity index (χ0) is 31.0. The number of nitrogens with one attached hydrogen (secondary N) is 2. The van der Waals surface area contributed by atoms with Gasteiger partial charge in [-0.1, -0.05) is 0 Å². The zero-order valence-corrected chi connectivity index (χ0v) is 22.2. The van der Waals surface area contributed by atoms with E-state index in [1.807, 2.05) is 0 Å². The average molecular weight is 581 g/mol. The van der Waals surface area contributed by atoms with Crippen LogP contribution < -0.4 is 42.3 Å². The number of benzene rings is 1. The molecule has 3 rings (SSSR count). The molecule has 0 bridgehead atoms. The van der Waals surface area contributed by atoms with Crippen molar-refractivity contribution in [3.05, 3.63) is 41.7 Å². The number of carbonyl (C=O) groups excluding carboxylic acids is 5. The number of rotatable bonds is 14. The van der Waals surface area contributed by atoms with Gasteiger partial charge in [-0.15, -0.1) is 0 Å². The summed E-state index contributed by atoms with van der Waals surface area (Å²) in [6, 6.07) is 2.98. The van der Waals surface area contributed by atoms with Gasteiger partial charge in [0.1, 0.15) is 0 Å². The summed E-state index contributed by atoms with van der Waals surface area (Å²) in [6.45, 7) is 0.305. The maximum absolute atomic E-state index is 12.7. The molecule has 2 aromatic heterocycles. The number of aliphatic carboxylic acids is 3. The number of hydrogen-bond donors (Lipinski definition) is 4.